The molecular formula is C31H30F2N2O6. The van der Waals surface area contributed by atoms with Crippen molar-refractivity contribution in [2.45, 2.75) is 37.5 Å². The number of hydrogen-bond acceptors (Lipinski definition) is 5. The Morgan fingerprint density at radius 2 is 1.51 bits per heavy atom. The number of ether oxygens (including phenoxy) is 2. The van der Waals surface area contributed by atoms with E-state index in [2.05, 4.69) is 10.6 Å². The highest BCUT2D eigenvalue weighted by Gasteiger charge is 2.71. The van der Waals surface area contributed by atoms with Crippen molar-refractivity contribution >= 4 is 18.0 Å². The Balaban J connectivity index is 1.12. The number of benzene rings is 3. The number of halogens is 2. The molecule has 3 N–H and O–H groups in total. The molecule has 0 unspecified atom stereocenters. The Morgan fingerprint density at radius 3 is 2.12 bits per heavy atom. The number of carbonyl (C=O) groups excluding carboxylic acids is 2. The SMILES string of the molecule is C[C@H](OCc1ccccc1)[C@@H](NC(=O)[C@@H]1[C@H](CNC(=O)OCC2c3ccccc3-c3ccccc32)C1(F)F)C(=O)O. The summed E-state index contributed by atoms with van der Waals surface area (Å²) in [6.45, 7) is 1.06. The van der Waals surface area contributed by atoms with Crippen molar-refractivity contribution in [1.82, 2.24) is 10.6 Å². The first kappa shape index (κ1) is 28.2. The van der Waals surface area contributed by atoms with Crippen LogP contribution in [0.2, 0.25) is 0 Å². The van der Waals surface area contributed by atoms with Crippen LogP contribution in [0.25, 0.3) is 11.1 Å². The lowest BCUT2D eigenvalue weighted by atomic mass is 9.98. The van der Waals surface area contributed by atoms with Gasteiger partial charge in [-0.2, -0.15) is 0 Å². The fraction of sp³-hybridized carbons (Fsp3) is 0.323. The molecule has 5 rings (SSSR count). The fourth-order valence-corrected chi connectivity index (χ4v) is 5.37. The van der Waals surface area contributed by atoms with E-state index in [0.29, 0.717) is 0 Å². The summed E-state index contributed by atoms with van der Waals surface area (Å²) < 4.78 is 40.0. The molecule has 3 aromatic carbocycles. The maximum Gasteiger partial charge on any atom is 0.407 e. The second-order valence-electron chi connectivity index (χ2n) is 10.3. The summed E-state index contributed by atoms with van der Waals surface area (Å²) in [4.78, 5) is 36.8. The summed E-state index contributed by atoms with van der Waals surface area (Å²) in [5, 5.41) is 14.1. The topological polar surface area (TPSA) is 114 Å². The minimum absolute atomic E-state index is 0.0198. The highest BCUT2D eigenvalue weighted by molar-refractivity contribution is 5.88. The largest absolute Gasteiger partial charge is 0.480 e. The van der Waals surface area contributed by atoms with Crippen LogP contribution >= 0.6 is 0 Å². The number of carboxylic acid groups (broad SMARTS) is 1. The molecule has 0 aliphatic heterocycles. The van der Waals surface area contributed by atoms with E-state index in [1.54, 1.807) is 24.3 Å². The molecule has 214 valence electrons. The molecule has 0 radical (unpaired) electrons. The molecule has 0 bridgehead atoms. The number of aliphatic carboxylic acids is 1. The number of fused-ring (bicyclic) bond motifs is 3. The lowest BCUT2D eigenvalue weighted by molar-refractivity contribution is -0.147. The van der Waals surface area contributed by atoms with Crippen LogP contribution in [-0.2, 0) is 25.7 Å². The van der Waals surface area contributed by atoms with Gasteiger partial charge >= 0.3 is 12.1 Å². The van der Waals surface area contributed by atoms with E-state index in [1.807, 2.05) is 54.6 Å². The Labute approximate surface area is 235 Å². The van der Waals surface area contributed by atoms with Gasteiger partial charge in [0.15, 0.2) is 6.04 Å². The van der Waals surface area contributed by atoms with Crippen LogP contribution in [0.15, 0.2) is 78.9 Å². The van der Waals surface area contributed by atoms with E-state index in [1.165, 1.54) is 6.92 Å². The van der Waals surface area contributed by atoms with Crippen molar-refractivity contribution in [2.24, 2.45) is 11.8 Å². The first-order valence-electron chi connectivity index (χ1n) is 13.3. The minimum atomic E-state index is -3.40. The standard InChI is InChI=1S/C31H30F2N2O6/c1-18(40-16-19-9-3-2-4-10-19)27(29(37)38)35-28(36)26-25(31(26,32)33)15-34-30(39)41-17-24-22-13-7-5-11-20(22)21-12-6-8-14-23(21)24/h2-14,18,24-27H,15-17H2,1H3,(H,34,39)(H,35,36)(H,37,38)/t18-,25-,26-,27+/m0/s1. The van der Waals surface area contributed by atoms with Crippen molar-refractivity contribution in [1.29, 1.82) is 0 Å². The van der Waals surface area contributed by atoms with Gasteiger partial charge in [-0.25, -0.2) is 18.4 Å². The van der Waals surface area contributed by atoms with Crippen molar-refractivity contribution in [3.05, 3.63) is 95.6 Å². The van der Waals surface area contributed by atoms with Gasteiger partial charge in [-0.05, 0) is 34.7 Å². The quantitative estimate of drug-likeness (QED) is 0.314. The number of carboxylic acids is 1. The van der Waals surface area contributed by atoms with Crippen molar-refractivity contribution in [3.63, 3.8) is 0 Å². The normalized spacial score (nSPS) is 19.8. The summed E-state index contributed by atoms with van der Waals surface area (Å²) in [7, 11) is 0. The van der Waals surface area contributed by atoms with E-state index >= 15 is 0 Å². The zero-order valence-electron chi connectivity index (χ0n) is 22.3. The Bertz CT molecular complexity index is 1390. The summed E-state index contributed by atoms with van der Waals surface area (Å²) in [6, 6.07) is 23.1. The van der Waals surface area contributed by atoms with Gasteiger partial charge in [0, 0.05) is 12.5 Å². The molecule has 41 heavy (non-hydrogen) atoms. The maximum atomic E-state index is 14.5. The molecule has 8 nitrogen and oxygen atoms in total. The first-order valence-corrected chi connectivity index (χ1v) is 13.3. The number of alkyl carbamates (subject to hydrolysis) is 1. The highest BCUT2D eigenvalue weighted by Crippen LogP contribution is 2.55. The fourth-order valence-electron chi connectivity index (χ4n) is 5.37. The van der Waals surface area contributed by atoms with Crippen LogP contribution in [0.3, 0.4) is 0 Å². The monoisotopic (exact) mass is 564 g/mol. The van der Waals surface area contributed by atoms with Gasteiger partial charge in [0.05, 0.1) is 18.6 Å². The van der Waals surface area contributed by atoms with Gasteiger partial charge in [-0.3, -0.25) is 4.79 Å². The Kier molecular flexibility index (Phi) is 8.03. The number of amides is 2. The lowest BCUT2D eigenvalue weighted by Gasteiger charge is -2.22. The van der Waals surface area contributed by atoms with Crippen molar-refractivity contribution in [2.75, 3.05) is 13.2 Å². The molecule has 1 saturated carbocycles. The van der Waals surface area contributed by atoms with Gasteiger partial charge in [0.2, 0.25) is 5.91 Å². The Morgan fingerprint density at radius 1 is 0.927 bits per heavy atom. The molecule has 0 heterocycles. The van der Waals surface area contributed by atoms with Gasteiger partial charge in [-0.1, -0.05) is 78.9 Å². The van der Waals surface area contributed by atoms with Gasteiger partial charge in [0.1, 0.15) is 12.5 Å². The van der Waals surface area contributed by atoms with E-state index in [4.69, 9.17) is 9.47 Å². The molecule has 2 amide bonds. The van der Waals surface area contributed by atoms with Gasteiger partial charge in [0.25, 0.3) is 5.92 Å². The molecule has 2 aliphatic rings. The van der Waals surface area contributed by atoms with Gasteiger partial charge in [-0.15, -0.1) is 0 Å². The average molecular weight is 565 g/mol. The molecule has 3 aromatic rings. The maximum absolute atomic E-state index is 14.5. The average Bonchev–Trinajstić information content (AvgIpc) is 3.38. The first-order chi connectivity index (χ1) is 19.7. The minimum Gasteiger partial charge on any atom is -0.480 e. The van der Waals surface area contributed by atoms with Crippen LogP contribution in [0, 0.1) is 11.8 Å². The zero-order valence-corrected chi connectivity index (χ0v) is 22.3. The molecule has 0 spiro atoms. The summed E-state index contributed by atoms with van der Waals surface area (Å²) in [5.74, 6) is -9.38. The molecule has 10 heteroatoms. The predicted molar refractivity (Wildman–Crippen MR) is 145 cm³/mol. The smallest absolute Gasteiger partial charge is 0.407 e. The zero-order chi connectivity index (χ0) is 29.1. The van der Waals surface area contributed by atoms with Crippen LogP contribution in [-0.4, -0.2) is 54.3 Å². The van der Waals surface area contributed by atoms with E-state index in [9.17, 15) is 28.3 Å². The summed E-state index contributed by atoms with van der Waals surface area (Å²) in [5.41, 5.74) is 4.94. The number of hydrogen-bond donors (Lipinski definition) is 3. The third-order valence-electron chi connectivity index (χ3n) is 7.68. The molecule has 0 aromatic heterocycles. The van der Waals surface area contributed by atoms with Crippen LogP contribution < -0.4 is 10.6 Å². The lowest BCUT2D eigenvalue weighted by Crippen LogP contribution is -2.49. The van der Waals surface area contributed by atoms with Gasteiger partial charge < -0.3 is 25.2 Å². The second kappa shape index (κ2) is 11.7. The Hall–Kier alpha value is -4.31. The molecule has 0 saturated heterocycles. The van der Waals surface area contributed by atoms with Crippen LogP contribution in [0.1, 0.15) is 29.5 Å². The number of nitrogens with one attached hydrogen (secondary N) is 2. The third-order valence-corrected chi connectivity index (χ3v) is 7.68. The van der Waals surface area contributed by atoms with E-state index in [-0.39, 0.29) is 19.1 Å². The van der Waals surface area contributed by atoms with Crippen LogP contribution in [0.5, 0.6) is 0 Å². The number of carbonyl (C=O) groups is 3. The molecule has 1 fully saturated rings. The summed E-state index contributed by atoms with van der Waals surface area (Å²) in [6.07, 6.45) is -1.86. The van der Waals surface area contributed by atoms with Crippen molar-refractivity contribution in [3.8, 4) is 11.1 Å². The summed E-state index contributed by atoms with van der Waals surface area (Å²) >= 11 is 0. The highest BCUT2D eigenvalue weighted by atomic mass is 19.3. The predicted octanol–water partition coefficient (Wildman–Crippen LogP) is 4.58. The molecular weight excluding hydrogens is 534 g/mol. The third kappa shape index (κ3) is 5.92. The number of alkyl halides is 2. The van der Waals surface area contributed by atoms with Crippen LogP contribution in [0.4, 0.5) is 13.6 Å². The van der Waals surface area contributed by atoms with E-state index in [0.717, 1.165) is 27.8 Å². The molecule has 4 atom stereocenters. The second-order valence-corrected chi connectivity index (χ2v) is 10.3. The van der Waals surface area contributed by atoms with Crippen molar-refractivity contribution < 1.29 is 37.7 Å². The number of rotatable bonds is 11. The molecule has 2 aliphatic carbocycles. The van der Waals surface area contributed by atoms with E-state index < -0.39 is 54.4 Å².